The monoisotopic (exact) mass is 1320 g/mol. The van der Waals surface area contributed by atoms with E-state index in [-0.39, 0.29) is 0 Å². The predicted octanol–water partition coefficient (Wildman–Crippen LogP) is 25.3. The number of aromatic nitrogens is 6. The molecule has 0 bridgehead atoms. The maximum atomic E-state index is 5.45. The van der Waals surface area contributed by atoms with Gasteiger partial charge in [0.05, 0.1) is 22.8 Å². The number of benzene rings is 14. The van der Waals surface area contributed by atoms with Crippen LogP contribution in [0.2, 0.25) is 0 Å². The van der Waals surface area contributed by atoms with Crippen LogP contribution in [-0.4, -0.2) is 29.9 Å². The van der Waals surface area contributed by atoms with Crippen molar-refractivity contribution in [2.24, 2.45) is 0 Å². The number of fused-ring (bicyclic) bond motifs is 6. The Morgan fingerprint density at radius 3 is 1.01 bits per heavy atom. The standard InChI is InChI=1S/C98H60N6/c1-2-13-71(14-3-1)97-101-91(69-43-35-64(36-44-69)62-31-39-67(40-32-62)77-46-48-88-82-22-7-5-20-80(82)86-27-12-25-84(77)96(86)88)60-93(104-97)89-28-10-23-78(94(89)70-51-55-100-56-52-70)73-16-9-18-75(58-73)98-102-90(59-92(103-98)74-17-8-15-72(57-74)65-49-53-99-54-50-65)68-41-33-63(34-42-68)61-29-37-66(38-30-61)76-45-47-87-81-21-6-4-19-79(81)85-26-11-24-83(76)95(85)87/h1-60H. The molecule has 14 aromatic carbocycles. The van der Waals surface area contributed by atoms with Crippen LogP contribution in [0.5, 0.6) is 0 Å². The first kappa shape index (κ1) is 60.1. The van der Waals surface area contributed by atoms with Gasteiger partial charge in [-0.1, -0.05) is 291 Å². The van der Waals surface area contributed by atoms with E-state index in [1.165, 1.54) is 88.3 Å². The minimum absolute atomic E-state index is 0.609. The van der Waals surface area contributed by atoms with Gasteiger partial charge in [0.2, 0.25) is 0 Å². The van der Waals surface area contributed by atoms with Crippen molar-refractivity contribution in [1.29, 1.82) is 0 Å². The quantitative estimate of drug-likeness (QED) is 0.114. The first-order chi connectivity index (χ1) is 51.5. The summed E-state index contributed by atoms with van der Waals surface area (Å²) in [5.74, 6) is 1.25. The highest BCUT2D eigenvalue weighted by Gasteiger charge is 2.26. The first-order valence-electron chi connectivity index (χ1n) is 35.3. The van der Waals surface area contributed by atoms with Gasteiger partial charge in [-0.15, -0.1) is 0 Å². The molecule has 0 aliphatic heterocycles. The zero-order chi connectivity index (χ0) is 68.6. The van der Waals surface area contributed by atoms with E-state index in [0.29, 0.717) is 11.6 Å². The average Bonchev–Trinajstić information content (AvgIpc) is 1.58. The summed E-state index contributed by atoms with van der Waals surface area (Å²) in [5, 5.41) is 5.21. The third kappa shape index (κ3) is 10.5. The number of pyridine rings is 2. The topological polar surface area (TPSA) is 77.3 Å². The summed E-state index contributed by atoms with van der Waals surface area (Å²) in [6.07, 6.45) is 7.38. The normalized spacial score (nSPS) is 11.7. The molecule has 0 radical (unpaired) electrons. The highest BCUT2D eigenvalue weighted by molar-refractivity contribution is 6.20. The van der Waals surface area contributed by atoms with Gasteiger partial charge >= 0.3 is 0 Å². The van der Waals surface area contributed by atoms with E-state index in [2.05, 4.69) is 319 Å². The van der Waals surface area contributed by atoms with E-state index < -0.39 is 0 Å². The lowest BCUT2D eigenvalue weighted by Gasteiger charge is -2.18. The lowest BCUT2D eigenvalue weighted by atomic mass is 9.88. The highest BCUT2D eigenvalue weighted by Crippen LogP contribution is 2.52. The van der Waals surface area contributed by atoms with Crippen LogP contribution in [0.4, 0.5) is 0 Å². The van der Waals surface area contributed by atoms with Crippen molar-refractivity contribution < 1.29 is 0 Å². The van der Waals surface area contributed by atoms with E-state index in [0.717, 1.165) is 112 Å². The molecule has 0 fully saturated rings. The van der Waals surface area contributed by atoms with Crippen LogP contribution in [-0.2, 0) is 0 Å². The Morgan fingerprint density at radius 2 is 0.481 bits per heavy atom. The molecule has 0 atom stereocenters. The molecule has 0 saturated heterocycles. The molecular weight excluding hydrogens is 1260 g/mol. The van der Waals surface area contributed by atoms with Crippen LogP contribution in [0.25, 0.3) is 212 Å². The van der Waals surface area contributed by atoms with Crippen LogP contribution in [0.15, 0.2) is 365 Å². The van der Waals surface area contributed by atoms with E-state index in [4.69, 9.17) is 19.9 Å². The van der Waals surface area contributed by atoms with E-state index >= 15 is 0 Å². The van der Waals surface area contributed by atoms with Gasteiger partial charge in [-0.25, -0.2) is 19.9 Å². The van der Waals surface area contributed by atoms with Crippen molar-refractivity contribution in [1.82, 2.24) is 29.9 Å². The lowest BCUT2D eigenvalue weighted by Crippen LogP contribution is -1.98. The number of hydrogen-bond donors (Lipinski definition) is 0. The molecule has 2 aliphatic rings. The second-order valence-corrected chi connectivity index (χ2v) is 26.8. The summed E-state index contributed by atoms with van der Waals surface area (Å²) in [7, 11) is 0. The van der Waals surface area contributed by atoms with Gasteiger partial charge in [-0.2, -0.15) is 0 Å². The predicted molar refractivity (Wildman–Crippen MR) is 428 cm³/mol. The molecule has 482 valence electrons. The van der Waals surface area contributed by atoms with Crippen molar-refractivity contribution >= 4 is 21.5 Å². The van der Waals surface area contributed by atoms with Gasteiger partial charge in [0.25, 0.3) is 0 Å². The minimum Gasteiger partial charge on any atom is -0.265 e. The molecule has 18 aromatic rings. The molecule has 20 rings (SSSR count). The van der Waals surface area contributed by atoms with Gasteiger partial charge in [0.15, 0.2) is 11.6 Å². The molecule has 4 aromatic heterocycles. The van der Waals surface area contributed by atoms with Gasteiger partial charge in [0.1, 0.15) is 0 Å². The second kappa shape index (κ2) is 25.0. The Morgan fingerprint density at radius 1 is 0.154 bits per heavy atom. The Kier molecular flexibility index (Phi) is 14.5. The van der Waals surface area contributed by atoms with Crippen LogP contribution >= 0.6 is 0 Å². The summed E-state index contributed by atoms with van der Waals surface area (Å²) in [6, 6.07) is 122. The van der Waals surface area contributed by atoms with Crippen LogP contribution in [0.1, 0.15) is 0 Å². The Balaban J connectivity index is 0.643. The molecule has 2 aliphatic carbocycles. The molecule has 0 N–H and O–H groups in total. The first-order valence-corrected chi connectivity index (χ1v) is 35.3. The summed E-state index contributed by atoms with van der Waals surface area (Å²) < 4.78 is 0. The number of rotatable bonds is 13. The summed E-state index contributed by atoms with van der Waals surface area (Å²) in [6.45, 7) is 0. The van der Waals surface area contributed by atoms with E-state index in [1.807, 2.05) is 55.1 Å². The molecule has 0 unspecified atom stereocenters. The third-order valence-corrected chi connectivity index (χ3v) is 20.9. The third-order valence-electron chi connectivity index (χ3n) is 20.9. The molecule has 0 saturated carbocycles. The maximum Gasteiger partial charge on any atom is 0.160 e. The lowest BCUT2D eigenvalue weighted by molar-refractivity contribution is 1.18. The molecule has 0 amide bonds. The zero-order valence-electron chi connectivity index (χ0n) is 56.3. The van der Waals surface area contributed by atoms with E-state index in [1.54, 1.807) is 0 Å². The Bertz CT molecular complexity index is 6350. The van der Waals surface area contributed by atoms with Crippen molar-refractivity contribution in [2.75, 3.05) is 0 Å². The highest BCUT2D eigenvalue weighted by atomic mass is 14.9. The average molecular weight is 1320 g/mol. The SMILES string of the molecule is c1ccc(-c2nc(-c3ccc(-c4ccc(-c5ccc6c7c(cccc57)-c5ccccc5-6)cc4)cc3)cc(-c3cccc(-c4cccc(-c5nc(-c6ccc(-c7ccc(-c8ccc9c%10c(cccc8%10)-c8ccccc8-9)cc7)cc6)cc(-c6cccc(-c7ccncc7)c6)n5)c4)c3-c3ccncc3)n2)cc1. The largest absolute Gasteiger partial charge is 0.265 e. The van der Waals surface area contributed by atoms with Crippen molar-refractivity contribution in [2.45, 2.75) is 0 Å². The number of hydrogen-bond acceptors (Lipinski definition) is 6. The van der Waals surface area contributed by atoms with Crippen molar-refractivity contribution in [3.8, 4) is 190 Å². The second-order valence-electron chi connectivity index (χ2n) is 26.8. The van der Waals surface area contributed by atoms with Crippen molar-refractivity contribution in [3.05, 3.63) is 365 Å². The molecular formula is C98H60N6. The minimum atomic E-state index is 0.609. The summed E-state index contributed by atoms with van der Waals surface area (Å²) in [4.78, 5) is 30.5. The zero-order valence-corrected chi connectivity index (χ0v) is 56.3. The Labute approximate surface area is 602 Å². The molecule has 6 nitrogen and oxygen atoms in total. The molecule has 0 spiro atoms. The fourth-order valence-electron chi connectivity index (χ4n) is 15.9. The van der Waals surface area contributed by atoms with Crippen LogP contribution < -0.4 is 0 Å². The maximum absolute atomic E-state index is 5.45. The van der Waals surface area contributed by atoms with Gasteiger partial charge in [-0.3, -0.25) is 9.97 Å². The Hall–Kier alpha value is -13.9. The van der Waals surface area contributed by atoms with Crippen molar-refractivity contribution in [3.63, 3.8) is 0 Å². The van der Waals surface area contributed by atoms with Gasteiger partial charge < -0.3 is 0 Å². The smallest absolute Gasteiger partial charge is 0.160 e. The van der Waals surface area contributed by atoms with Crippen LogP contribution in [0.3, 0.4) is 0 Å². The summed E-state index contributed by atoms with van der Waals surface area (Å²) >= 11 is 0. The molecule has 6 heteroatoms. The van der Waals surface area contributed by atoms with E-state index in [9.17, 15) is 0 Å². The molecule has 104 heavy (non-hydrogen) atoms. The summed E-state index contributed by atoms with van der Waals surface area (Å²) in [5.41, 5.74) is 35.0. The van der Waals surface area contributed by atoms with Crippen LogP contribution in [0, 0.1) is 0 Å². The number of nitrogens with zero attached hydrogens (tertiary/aromatic N) is 6. The van der Waals surface area contributed by atoms with Gasteiger partial charge in [0, 0.05) is 58.2 Å². The fourth-order valence-corrected chi connectivity index (χ4v) is 15.9. The fraction of sp³-hybridized carbons (Fsp3) is 0. The molecule has 4 heterocycles. The van der Waals surface area contributed by atoms with Gasteiger partial charge in [-0.05, 0) is 192 Å².